The van der Waals surface area contributed by atoms with Gasteiger partial charge in [0.2, 0.25) is 0 Å². The van der Waals surface area contributed by atoms with E-state index in [1.54, 1.807) is 29.4 Å². The van der Waals surface area contributed by atoms with Crippen LogP contribution in [0.4, 0.5) is 0 Å². The van der Waals surface area contributed by atoms with Crippen LogP contribution in [0.15, 0.2) is 63.7 Å². The van der Waals surface area contributed by atoms with Crippen LogP contribution in [0.3, 0.4) is 0 Å². The van der Waals surface area contributed by atoms with Crippen molar-refractivity contribution in [2.75, 3.05) is 0 Å². The molecule has 2 aromatic heterocycles. The predicted molar refractivity (Wildman–Crippen MR) is 117 cm³/mol. The summed E-state index contributed by atoms with van der Waals surface area (Å²) in [7, 11) is 0. The maximum absolute atomic E-state index is 6.30. The summed E-state index contributed by atoms with van der Waals surface area (Å²) in [4.78, 5) is 9.93. The molecule has 2 nitrogen and oxygen atoms in total. The van der Waals surface area contributed by atoms with Gasteiger partial charge in [0.25, 0.3) is 0 Å². The van der Waals surface area contributed by atoms with Crippen molar-refractivity contribution < 1.29 is 0 Å². The van der Waals surface area contributed by atoms with E-state index < -0.39 is 0 Å². The van der Waals surface area contributed by atoms with Gasteiger partial charge in [0, 0.05) is 31.2 Å². The summed E-state index contributed by atoms with van der Waals surface area (Å²) in [6.07, 6.45) is 1.61. The minimum absolute atomic E-state index is 0.653. The van der Waals surface area contributed by atoms with Gasteiger partial charge in [-0.25, -0.2) is 9.97 Å². The molecule has 0 aliphatic carbocycles. The molecule has 26 heavy (non-hydrogen) atoms. The van der Waals surface area contributed by atoms with Crippen molar-refractivity contribution >= 4 is 72.4 Å². The number of hydrogen-bond acceptors (Lipinski definition) is 4. The molecule has 0 amide bonds. The summed E-state index contributed by atoms with van der Waals surface area (Å²) in [5.41, 5.74) is 3.21. The zero-order chi connectivity index (χ0) is 18.1. The van der Waals surface area contributed by atoms with Crippen molar-refractivity contribution in [2.24, 2.45) is 0 Å². The van der Waals surface area contributed by atoms with E-state index in [0.29, 0.717) is 15.8 Å². The minimum Gasteiger partial charge on any atom is -0.229 e. The molecule has 4 aromatic rings. The van der Waals surface area contributed by atoms with Crippen molar-refractivity contribution in [3.8, 4) is 11.1 Å². The number of thioether (sulfide) groups is 1. The highest BCUT2D eigenvalue weighted by atomic mass is 79.9. The molecule has 0 radical (unpaired) electrons. The quantitative estimate of drug-likeness (QED) is 0.220. The van der Waals surface area contributed by atoms with Crippen LogP contribution in [-0.4, -0.2) is 9.97 Å². The Morgan fingerprint density at radius 2 is 1.73 bits per heavy atom. The first-order chi connectivity index (χ1) is 12.6. The van der Waals surface area contributed by atoms with Crippen LogP contribution in [0.2, 0.25) is 10.0 Å². The van der Waals surface area contributed by atoms with E-state index >= 15 is 0 Å². The lowest BCUT2D eigenvalue weighted by Crippen LogP contribution is -1.89. The van der Waals surface area contributed by atoms with E-state index in [1.165, 1.54) is 0 Å². The highest BCUT2D eigenvalue weighted by molar-refractivity contribution is 9.10. The molecule has 2 heterocycles. The standard InChI is InChI=1S/C19H11BrCl2N2S2/c20-12-6-4-11(5-7-12)13-8-25-18-17(13)19(24-10-23-18)26-9-14-15(21)2-1-3-16(14)22/h1-8,10H,9H2. The second kappa shape index (κ2) is 7.87. The third-order valence-electron chi connectivity index (χ3n) is 3.91. The lowest BCUT2D eigenvalue weighted by Gasteiger charge is -2.08. The smallest absolute Gasteiger partial charge is 0.128 e. The number of fused-ring (bicyclic) bond motifs is 1. The van der Waals surface area contributed by atoms with Crippen LogP contribution in [0.1, 0.15) is 5.56 Å². The molecule has 0 spiro atoms. The average molecular weight is 482 g/mol. The molecule has 0 aliphatic heterocycles. The van der Waals surface area contributed by atoms with E-state index in [9.17, 15) is 0 Å². The number of benzene rings is 2. The van der Waals surface area contributed by atoms with Gasteiger partial charge >= 0.3 is 0 Å². The Morgan fingerprint density at radius 3 is 2.46 bits per heavy atom. The molecule has 0 aliphatic rings. The Hall–Kier alpha value is -1.11. The summed E-state index contributed by atoms with van der Waals surface area (Å²) in [5.74, 6) is 0.653. The van der Waals surface area contributed by atoms with Crippen molar-refractivity contribution in [3.05, 3.63) is 74.3 Å². The van der Waals surface area contributed by atoms with Crippen molar-refractivity contribution in [3.63, 3.8) is 0 Å². The molecule has 0 unspecified atom stereocenters. The van der Waals surface area contributed by atoms with Gasteiger partial charge in [0.1, 0.15) is 16.2 Å². The Bertz CT molecular complexity index is 1060. The van der Waals surface area contributed by atoms with Gasteiger partial charge in [0.05, 0.1) is 5.39 Å². The number of nitrogens with zero attached hydrogens (tertiary/aromatic N) is 2. The monoisotopic (exact) mass is 480 g/mol. The van der Waals surface area contributed by atoms with E-state index in [-0.39, 0.29) is 0 Å². The average Bonchev–Trinajstić information content (AvgIpc) is 3.07. The second-order valence-electron chi connectivity index (χ2n) is 5.50. The maximum Gasteiger partial charge on any atom is 0.128 e. The molecule has 4 rings (SSSR count). The van der Waals surface area contributed by atoms with Crippen molar-refractivity contribution in [1.82, 2.24) is 9.97 Å². The van der Waals surface area contributed by atoms with E-state index in [2.05, 4.69) is 43.4 Å². The Kier molecular flexibility index (Phi) is 5.53. The fourth-order valence-electron chi connectivity index (χ4n) is 2.61. The largest absolute Gasteiger partial charge is 0.229 e. The molecule has 130 valence electrons. The first-order valence-corrected chi connectivity index (χ1v) is 11.1. The van der Waals surface area contributed by atoms with Gasteiger partial charge in [-0.3, -0.25) is 0 Å². The number of thiophene rings is 1. The first-order valence-electron chi connectivity index (χ1n) is 7.67. The van der Waals surface area contributed by atoms with Gasteiger partial charge in [-0.05, 0) is 35.4 Å². The molecule has 0 saturated carbocycles. The highest BCUT2D eigenvalue weighted by Gasteiger charge is 2.15. The highest BCUT2D eigenvalue weighted by Crippen LogP contribution is 2.40. The first kappa shape index (κ1) is 18.3. The normalized spacial score (nSPS) is 11.2. The molecule has 0 bridgehead atoms. The second-order valence-corrected chi connectivity index (χ2v) is 9.06. The van der Waals surface area contributed by atoms with Crippen LogP contribution in [0.5, 0.6) is 0 Å². The number of aromatic nitrogens is 2. The predicted octanol–water partition coefficient (Wildman–Crippen LogP) is 7.72. The lowest BCUT2D eigenvalue weighted by molar-refractivity contribution is 1.11. The molecule has 0 saturated heterocycles. The zero-order valence-corrected chi connectivity index (χ0v) is 18.0. The molecular weight excluding hydrogens is 471 g/mol. The van der Waals surface area contributed by atoms with Crippen LogP contribution < -0.4 is 0 Å². The minimum atomic E-state index is 0.653. The van der Waals surface area contributed by atoms with Gasteiger partial charge in [0.15, 0.2) is 0 Å². The van der Waals surface area contributed by atoms with Gasteiger partial charge in [-0.2, -0.15) is 0 Å². The van der Waals surface area contributed by atoms with E-state index in [1.807, 2.05) is 30.3 Å². The van der Waals surface area contributed by atoms with Crippen LogP contribution >= 0.6 is 62.2 Å². The van der Waals surface area contributed by atoms with Gasteiger partial charge in [-0.15, -0.1) is 23.1 Å². The number of halogens is 3. The molecule has 0 atom stereocenters. The summed E-state index contributed by atoms with van der Waals surface area (Å²) >= 11 is 19.3. The molecule has 2 aromatic carbocycles. The van der Waals surface area contributed by atoms with E-state index in [4.69, 9.17) is 23.2 Å². The lowest BCUT2D eigenvalue weighted by atomic mass is 10.1. The number of rotatable bonds is 4. The molecule has 0 fully saturated rings. The van der Waals surface area contributed by atoms with Crippen molar-refractivity contribution in [2.45, 2.75) is 10.8 Å². The van der Waals surface area contributed by atoms with Crippen molar-refractivity contribution in [1.29, 1.82) is 0 Å². The van der Waals surface area contributed by atoms with Crippen LogP contribution in [0, 0.1) is 0 Å². The fourth-order valence-corrected chi connectivity index (χ4v) is 5.61. The summed E-state index contributed by atoms with van der Waals surface area (Å²) < 4.78 is 1.06. The third kappa shape index (κ3) is 3.64. The Morgan fingerprint density at radius 1 is 1.00 bits per heavy atom. The van der Waals surface area contributed by atoms with Gasteiger partial charge in [-0.1, -0.05) is 57.3 Å². The van der Waals surface area contributed by atoms with Crippen LogP contribution in [-0.2, 0) is 5.75 Å². The molecule has 0 N–H and O–H groups in total. The van der Waals surface area contributed by atoms with Gasteiger partial charge < -0.3 is 0 Å². The third-order valence-corrected chi connectivity index (χ3v) is 7.04. The number of hydrogen-bond donors (Lipinski definition) is 0. The SMILES string of the molecule is Clc1cccc(Cl)c1CSc1ncnc2scc(-c3ccc(Br)cc3)c12. The topological polar surface area (TPSA) is 25.8 Å². The summed E-state index contributed by atoms with van der Waals surface area (Å²) in [6, 6.07) is 13.8. The Balaban J connectivity index is 1.74. The maximum atomic E-state index is 6.30. The van der Waals surface area contributed by atoms with E-state index in [0.717, 1.165) is 36.4 Å². The van der Waals surface area contributed by atoms with Crippen LogP contribution in [0.25, 0.3) is 21.3 Å². The molecular formula is C19H11BrCl2N2S2. The molecule has 7 heteroatoms. The zero-order valence-electron chi connectivity index (χ0n) is 13.2. The Labute approximate surface area is 177 Å². The summed E-state index contributed by atoms with van der Waals surface area (Å²) in [5, 5.41) is 5.50. The fraction of sp³-hybridized carbons (Fsp3) is 0.0526. The summed E-state index contributed by atoms with van der Waals surface area (Å²) in [6.45, 7) is 0.